The van der Waals surface area contributed by atoms with Gasteiger partial charge in [0.1, 0.15) is 0 Å². The quantitative estimate of drug-likeness (QED) is 0.494. The normalized spacial score (nSPS) is 47.2. The maximum Gasteiger partial charge on any atom is 0.333 e. The summed E-state index contributed by atoms with van der Waals surface area (Å²) in [6.45, 7) is 4.79. The van der Waals surface area contributed by atoms with Gasteiger partial charge in [0.15, 0.2) is 0 Å². The van der Waals surface area contributed by atoms with Crippen LogP contribution in [-0.2, 0) is 14.3 Å². The van der Waals surface area contributed by atoms with E-state index in [0.717, 1.165) is 44.1 Å². The van der Waals surface area contributed by atoms with Crippen molar-refractivity contribution in [3.05, 3.63) is 11.6 Å². The van der Waals surface area contributed by atoms with Crippen LogP contribution in [0.3, 0.4) is 0 Å². The van der Waals surface area contributed by atoms with Crippen LogP contribution in [0.4, 0.5) is 0 Å². The molecule has 0 aromatic carbocycles. The summed E-state index contributed by atoms with van der Waals surface area (Å²) < 4.78 is 4.96. The lowest BCUT2D eigenvalue weighted by Gasteiger charge is -2.59. The average molecular weight is 379 g/mol. The molecule has 0 radical (unpaired) electrons. The molecule has 4 aliphatic rings. The summed E-state index contributed by atoms with van der Waals surface area (Å²) in [6, 6.07) is 0. The van der Waals surface area contributed by atoms with Gasteiger partial charge in [0.25, 0.3) is 0 Å². The van der Waals surface area contributed by atoms with E-state index in [1.54, 1.807) is 0 Å². The second kappa shape index (κ2) is 6.36. The Morgan fingerprint density at radius 2 is 1.77 bits per heavy atom. The molecule has 0 heterocycles. The van der Waals surface area contributed by atoms with Gasteiger partial charge in [0, 0.05) is 11.5 Å². The predicted molar refractivity (Wildman–Crippen MR) is 102 cm³/mol. The zero-order chi connectivity index (χ0) is 18.7. The molecule has 0 amide bonds. The first kappa shape index (κ1) is 18.5. The third kappa shape index (κ3) is 2.52. The van der Waals surface area contributed by atoms with Crippen LogP contribution in [0.5, 0.6) is 0 Å². The van der Waals surface area contributed by atoms with Crippen molar-refractivity contribution in [2.24, 2.45) is 40.4 Å². The number of methoxy groups -OCH3 is 1. The van der Waals surface area contributed by atoms with Crippen LogP contribution in [0.2, 0.25) is 0 Å². The minimum Gasteiger partial charge on any atom is -0.466 e. The Bertz CT molecular complexity index is 656. The van der Waals surface area contributed by atoms with Gasteiger partial charge in [0.2, 0.25) is 5.24 Å². The molecule has 144 valence electrons. The molecule has 3 nitrogen and oxygen atoms in total. The number of hydrogen-bond donors (Lipinski definition) is 0. The molecule has 4 unspecified atom stereocenters. The molecule has 0 bridgehead atoms. The molecule has 26 heavy (non-hydrogen) atoms. The lowest BCUT2D eigenvalue weighted by Crippen LogP contribution is -2.52. The third-order valence-electron chi connectivity index (χ3n) is 9.00. The monoisotopic (exact) mass is 378 g/mol. The van der Waals surface area contributed by atoms with E-state index in [-0.39, 0.29) is 28.0 Å². The second-order valence-corrected chi connectivity index (χ2v) is 10.1. The van der Waals surface area contributed by atoms with Crippen molar-refractivity contribution in [3.63, 3.8) is 0 Å². The van der Waals surface area contributed by atoms with Crippen molar-refractivity contribution in [3.8, 4) is 0 Å². The summed E-state index contributed by atoms with van der Waals surface area (Å²) in [5.74, 6) is 2.45. The number of halogens is 1. The molecule has 3 saturated carbocycles. The third-order valence-corrected chi connectivity index (χ3v) is 9.26. The SMILES string of the molecule is COC(=O)C1=C[C@@H]2CCC3C4CCC(C(=O)Cl)[C@@]4(C)CCC3[C@@]2(C)CC1. The lowest BCUT2D eigenvalue weighted by molar-refractivity contribution is -0.137. The number of esters is 1. The number of allylic oxidation sites excluding steroid dienone is 1. The first-order chi connectivity index (χ1) is 12.3. The minimum absolute atomic E-state index is 0.0535. The van der Waals surface area contributed by atoms with Crippen LogP contribution < -0.4 is 0 Å². The Morgan fingerprint density at radius 1 is 1.04 bits per heavy atom. The summed E-state index contributed by atoms with van der Waals surface area (Å²) in [6.07, 6.45) is 11.0. The Labute approximate surface area is 161 Å². The number of carbonyl (C=O) groups excluding carboxylic acids is 2. The summed E-state index contributed by atoms with van der Waals surface area (Å²) in [7, 11) is 1.48. The molecule has 4 heteroatoms. The summed E-state index contributed by atoms with van der Waals surface area (Å²) in [5, 5.41) is -0.114. The molecule has 0 N–H and O–H groups in total. The predicted octanol–water partition coefficient (Wildman–Crippen LogP) is 5.12. The highest BCUT2D eigenvalue weighted by Gasteiger charge is 2.60. The highest BCUT2D eigenvalue weighted by Crippen LogP contribution is 2.67. The topological polar surface area (TPSA) is 43.4 Å². The highest BCUT2D eigenvalue weighted by molar-refractivity contribution is 6.64. The van der Waals surface area contributed by atoms with Crippen LogP contribution in [0.1, 0.15) is 65.2 Å². The van der Waals surface area contributed by atoms with Crippen LogP contribution in [-0.4, -0.2) is 18.3 Å². The Balaban J connectivity index is 1.60. The van der Waals surface area contributed by atoms with E-state index in [1.165, 1.54) is 20.0 Å². The molecule has 0 aliphatic heterocycles. The maximum absolute atomic E-state index is 12.0. The Kier molecular flexibility index (Phi) is 4.53. The van der Waals surface area contributed by atoms with E-state index in [9.17, 15) is 9.59 Å². The molecule has 4 aliphatic carbocycles. The molecular weight excluding hydrogens is 348 g/mol. The highest BCUT2D eigenvalue weighted by atomic mass is 35.5. The summed E-state index contributed by atoms with van der Waals surface area (Å²) in [4.78, 5) is 24.0. The van der Waals surface area contributed by atoms with Crippen molar-refractivity contribution in [1.82, 2.24) is 0 Å². The molecular formula is C22H31ClO3. The van der Waals surface area contributed by atoms with Gasteiger partial charge in [-0.2, -0.15) is 0 Å². The van der Waals surface area contributed by atoms with E-state index >= 15 is 0 Å². The van der Waals surface area contributed by atoms with Crippen molar-refractivity contribution >= 4 is 22.8 Å². The van der Waals surface area contributed by atoms with Gasteiger partial charge in [-0.3, -0.25) is 4.79 Å². The Hall–Kier alpha value is -0.830. The zero-order valence-electron chi connectivity index (χ0n) is 16.2. The number of hydrogen-bond acceptors (Lipinski definition) is 3. The fourth-order valence-electron chi connectivity index (χ4n) is 7.53. The van der Waals surface area contributed by atoms with Crippen molar-refractivity contribution in [2.75, 3.05) is 7.11 Å². The number of rotatable bonds is 2. The smallest absolute Gasteiger partial charge is 0.333 e. The van der Waals surface area contributed by atoms with Gasteiger partial charge >= 0.3 is 5.97 Å². The fourth-order valence-corrected chi connectivity index (χ4v) is 7.89. The van der Waals surface area contributed by atoms with Crippen LogP contribution in [0, 0.1) is 40.4 Å². The molecule has 0 spiro atoms. The largest absolute Gasteiger partial charge is 0.466 e. The van der Waals surface area contributed by atoms with E-state index in [4.69, 9.17) is 16.3 Å². The van der Waals surface area contributed by atoms with Gasteiger partial charge < -0.3 is 4.74 Å². The van der Waals surface area contributed by atoms with Crippen LogP contribution in [0.15, 0.2) is 11.6 Å². The van der Waals surface area contributed by atoms with Gasteiger partial charge in [-0.1, -0.05) is 19.9 Å². The van der Waals surface area contributed by atoms with Crippen molar-refractivity contribution in [1.29, 1.82) is 0 Å². The molecule has 0 saturated heterocycles. The van der Waals surface area contributed by atoms with Gasteiger partial charge in [-0.25, -0.2) is 4.79 Å². The van der Waals surface area contributed by atoms with E-state index in [1.807, 2.05) is 0 Å². The minimum atomic E-state index is -0.148. The average Bonchev–Trinajstić information content (AvgIpc) is 2.97. The van der Waals surface area contributed by atoms with Crippen LogP contribution in [0.25, 0.3) is 0 Å². The maximum atomic E-state index is 12.0. The second-order valence-electron chi connectivity index (χ2n) is 9.73. The zero-order valence-corrected chi connectivity index (χ0v) is 17.0. The number of ether oxygens (including phenoxy) is 1. The number of carbonyl (C=O) groups is 2. The van der Waals surface area contributed by atoms with Gasteiger partial charge in [0.05, 0.1) is 7.11 Å². The van der Waals surface area contributed by atoms with E-state index < -0.39 is 0 Å². The molecule has 0 aromatic rings. The van der Waals surface area contributed by atoms with Crippen molar-refractivity contribution < 1.29 is 14.3 Å². The standard InChI is InChI=1S/C22H31ClO3/c1-21-10-8-13(20(25)26-3)12-14(21)4-5-15-16-6-7-18(19(23)24)22(16,2)11-9-17(15)21/h12,14-18H,4-11H2,1-3H3/t14-,15?,16?,17?,18?,21-,22-/m0/s1. The molecule has 7 atom stereocenters. The number of fused-ring (bicyclic) bond motifs is 5. The van der Waals surface area contributed by atoms with E-state index in [2.05, 4.69) is 19.9 Å². The summed E-state index contributed by atoms with van der Waals surface area (Å²) >= 11 is 5.98. The first-order valence-corrected chi connectivity index (χ1v) is 10.7. The molecule has 3 fully saturated rings. The van der Waals surface area contributed by atoms with Gasteiger partial charge in [-0.05, 0) is 97.5 Å². The van der Waals surface area contributed by atoms with Gasteiger partial charge in [-0.15, -0.1) is 0 Å². The van der Waals surface area contributed by atoms with Crippen LogP contribution >= 0.6 is 11.6 Å². The molecule has 4 rings (SSSR count). The van der Waals surface area contributed by atoms with Crippen molar-refractivity contribution in [2.45, 2.75) is 65.2 Å². The lowest BCUT2D eigenvalue weighted by atomic mass is 9.45. The van der Waals surface area contributed by atoms with E-state index in [0.29, 0.717) is 23.7 Å². The first-order valence-electron chi connectivity index (χ1n) is 10.3. The molecule has 0 aromatic heterocycles. The summed E-state index contributed by atoms with van der Waals surface area (Å²) in [5.41, 5.74) is 1.26. The Morgan fingerprint density at radius 3 is 2.46 bits per heavy atom. The fraction of sp³-hybridized carbons (Fsp3) is 0.818.